The van der Waals surface area contributed by atoms with E-state index in [1.54, 1.807) is 38.1 Å². The van der Waals surface area contributed by atoms with Crippen LogP contribution in [0.1, 0.15) is 41.6 Å². The van der Waals surface area contributed by atoms with Gasteiger partial charge in [-0.15, -0.1) is 0 Å². The first-order chi connectivity index (χ1) is 13.2. The summed E-state index contributed by atoms with van der Waals surface area (Å²) in [7, 11) is -3.71. The number of hydrogen-bond acceptors (Lipinski definition) is 6. The van der Waals surface area contributed by atoms with E-state index in [-0.39, 0.29) is 41.4 Å². The summed E-state index contributed by atoms with van der Waals surface area (Å²) in [6.45, 7) is 5.08. The lowest BCUT2D eigenvalue weighted by Gasteiger charge is -2.30. The molecule has 2 heterocycles. The van der Waals surface area contributed by atoms with Crippen LogP contribution in [-0.4, -0.2) is 42.7 Å². The highest BCUT2D eigenvalue weighted by atomic mass is 32.2. The fraction of sp³-hybridized carbons (Fsp3) is 0.421. The number of ketones is 1. The Kier molecular flexibility index (Phi) is 5.66. The molecule has 0 aliphatic carbocycles. The zero-order valence-corrected chi connectivity index (χ0v) is 16.9. The van der Waals surface area contributed by atoms with Crippen molar-refractivity contribution >= 4 is 27.4 Å². The van der Waals surface area contributed by atoms with E-state index in [1.165, 1.54) is 11.2 Å². The van der Waals surface area contributed by atoms with E-state index in [1.807, 2.05) is 0 Å². The number of hydrogen-bond donors (Lipinski definition) is 1. The van der Waals surface area contributed by atoms with Crippen molar-refractivity contribution in [2.45, 2.75) is 38.5 Å². The highest BCUT2D eigenvalue weighted by Gasteiger charge is 2.35. The Morgan fingerprint density at radius 3 is 2.39 bits per heavy atom. The molecule has 0 bridgehead atoms. The third kappa shape index (κ3) is 3.85. The SMILES string of the molecule is CC(=O)c1ccccc1NC(=O)C1CCN(S(=O)(=O)c2c(C)noc2C)CC1. The maximum atomic E-state index is 12.9. The molecule has 3 rings (SSSR count). The normalized spacial score (nSPS) is 16.1. The zero-order valence-electron chi connectivity index (χ0n) is 16.1. The number of piperidine rings is 1. The Morgan fingerprint density at radius 1 is 1.18 bits per heavy atom. The van der Waals surface area contributed by atoms with Crippen molar-refractivity contribution in [2.24, 2.45) is 5.92 Å². The summed E-state index contributed by atoms with van der Waals surface area (Å²) < 4.78 is 32.1. The Labute approximate surface area is 163 Å². The summed E-state index contributed by atoms with van der Waals surface area (Å²) in [6.07, 6.45) is 0.799. The second-order valence-electron chi connectivity index (χ2n) is 6.92. The van der Waals surface area contributed by atoms with Crippen molar-refractivity contribution in [1.82, 2.24) is 9.46 Å². The van der Waals surface area contributed by atoms with Gasteiger partial charge in [0.05, 0.1) is 5.69 Å². The molecule has 0 spiro atoms. The van der Waals surface area contributed by atoms with E-state index < -0.39 is 10.0 Å². The van der Waals surface area contributed by atoms with Crippen LogP contribution in [0.2, 0.25) is 0 Å². The Morgan fingerprint density at radius 2 is 1.82 bits per heavy atom. The van der Waals surface area contributed by atoms with Gasteiger partial charge in [-0.25, -0.2) is 8.42 Å². The molecular formula is C19H23N3O5S. The molecule has 28 heavy (non-hydrogen) atoms. The number of anilines is 1. The molecule has 1 aliphatic heterocycles. The molecule has 1 aliphatic rings. The molecule has 1 N–H and O–H groups in total. The van der Waals surface area contributed by atoms with Crippen molar-refractivity contribution in [2.75, 3.05) is 18.4 Å². The number of nitrogens with one attached hydrogen (secondary N) is 1. The van der Waals surface area contributed by atoms with Crippen LogP contribution in [0, 0.1) is 19.8 Å². The quantitative estimate of drug-likeness (QED) is 0.766. The maximum Gasteiger partial charge on any atom is 0.248 e. The van der Waals surface area contributed by atoms with Crippen molar-refractivity contribution in [3.8, 4) is 0 Å². The number of aryl methyl sites for hydroxylation is 2. The molecule has 1 amide bonds. The lowest BCUT2D eigenvalue weighted by molar-refractivity contribution is -0.120. The number of nitrogens with zero attached hydrogens (tertiary/aromatic N) is 2. The Balaban J connectivity index is 1.67. The Bertz CT molecular complexity index is 985. The van der Waals surface area contributed by atoms with Crippen LogP contribution in [0.3, 0.4) is 0 Å². The molecule has 1 saturated heterocycles. The smallest absolute Gasteiger partial charge is 0.248 e. The Hall–Kier alpha value is -2.52. The molecule has 1 fully saturated rings. The molecule has 0 radical (unpaired) electrons. The largest absolute Gasteiger partial charge is 0.360 e. The van der Waals surface area contributed by atoms with E-state index in [0.717, 1.165) is 0 Å². The molecule has 9 heteroatoms. The third-order valence-electron chi connectivity index (χ3n) is 4.95. The molecule has 150 valence electrons. The van der Waals surface area contributed by atoms with Gasteiger partial charge >= 0.3 is 0 Å². The molecule has 2 aromatic rings. The van der Waals surface area contributed by atoms with Crippen LogP contribution in [0.4, 0.5) is 5.69 Å². The predicted molar refractivity (Wildman–Crippen MR) is 103 cm³/mol. The second-order valence-corrected chi connectivity index (χ2v) is 8.80. The summed E-state index contributed by atoms with van der Waals surface area (Å²) in [4.78, 5) is 24.4. The van der Waals surface area contributed by atoms with Crippen LogP contribution < -0.4 is 5.32 Å². The van der Waals surface area contributed by atoms with E-state index in [2.05, 4.69) is 10.5 Å². The summed E-state index contributed by atoms with van der Waals surface area (Å²) >= 11 is 0. The first-order valence-electron chi connectivity index (χ1n) is 9.05. The average molecular weight is 405 g/mol. The molecule has 8 nitrogen and oxygen atoms in total. The van der Waals surface area contributed by atoms with Crippen molar-refractivity contribution in [1.29, 1.82) is 0 Å². The number of carbonyl (C=O) groups is 2. The number of sulfonamides is 1. The number of benzene rings is 1. The predicted octanol–water partition coefficient (Wildman–Crippen LogP) is 2.53. The number of Topliss-reactive ketones (excluding diaryl/α,β-unsaturated/α-hetero) is 1. The number of carbonyl (C=O) groups excluding carboxylic acids is 2. The van der Waals surface area contributed by atoms with Crippen LogP contribution in [0.5, 0.6) is 0 Å². The number of para-hydroxylation sites is 1. The van der Waals surface area contributed by atoms with E-state index >= 15 is 0 Å². The van der Waals surface area contributed by atoms with Crippen molar-refractivity contribution < 1.29 is 22.5 Å². The lowest BCUT2D eigenvalue weighted by Crippen LogP contribution is -2.41. The van der Waals surface area contributed by atoms with E-state index in [4.69, 9.17) is 4.52 Å². The lowest BCUT2D eigenvalue weighted by atomic mass is 9.97. The zero-order chi connectivity index (χ0) is 20.5. The van der Waals surface area contributed by atoms with Gasteiger partial charge in [0.2, 0.25) is 15.9 Å². The first kappa shape index (κ1) is 20.2. The van der Waals surface area contributed by atoms with Gasteiger partial charge < -0.3 is 9.84 Å². The van der Waals surface area contributed by atoms with Gasteiger partial charge in [0.15, 0.2) is 11.5 Å². The number of amides is 1. The minimum Gasteiger partial charge on any atom is -0.360 e. The molecular weight excluding hydrogens is 382 g/mol. The van der Waals surface area contributed by atoms with Gasteiger partial charge in [-0.3, -0.25) is 9.59 Å². The molecule has 0 unspecified atom stereocenters. The van der Waals surface area contributed by atoms with Gasteiger partial charge in [-0.05, 0) is 45.7 Å². The van der Waals surface area contributed by atoms with Crippen molar-refractivity contribution in [3.05, 3.63) is 41.3 Å². The highest BCUT2D eigenvalue weighted by molar-refractivity contribution is 7.89. The third-order valence-corrected chi connectivity index (χ3v) is 7.10. The van der Waals surface area contributed by atoms with Crippen molar-refractivity contribution in [3.63, 3.8) is 0 Å². The minimum absolute atomic E-state index is 0.103. The van der Waals surface area contributed by atoms with Gasteiger partial charge in [-0.2, -0.15) is 4.31 Å². The summed E-state index contributed by atoms with van der Waals surface area (Å²) in [5, 5.41) is 6.53. The number of rotatable bonds is 5. The molecule has 0 saturated carbocycles. The maximum absolute atomic E-state index is 12.9. The van der Waals surface area contributed by atoms with Gasteiger partial charge in [-0.1, -0.05) is 17.3 Å². The van der Waals surface area contributed by atoms with Crippen LogP contribution >= 0.6 is 0 Å². The summed E-state index contributed by atoms with van der Waals surface area (Å²) in [5.74, 6) is -0.395. The number of aromatic nitrogens is 1. The minimum atomic E-state index is -3.71. The van der Waals surface area contributed by atoms with E-state index in [0.29, 0.717) is 29.8 Å². The first-order valence-corrected chi connectivity index (χ1v) is 10.5. The van der Waals surface area contributed by atoms with Crippen LogP contribution in [0.15, 0.2) is 33.7 Å². The average Bonchev–Trinajstić information content (AvgIpc) is 3.01. The molecule has 1 aromatic carbocycles. The summed E-state index contributed by atoms with van der Waals surface area (Å²) in [6, 6.07) is 6.84. The van der Waals surface area contributed by atoms with Crippen LogP contribution in [0.25, 0.3) is 0 Å². The van der Waals surface area contributed by atoms with Gasteiger partial charge in [0, 0.05) is 24.6 Å². The molecule has 0 atom stereocenters. The van der Waals surface area contributed by atoms with E-state index in [9.17, 15) is 18.0 Å². The summed E-state index contributed by atoms with van der Waals surface area (Å²) in [5.41, 5.74) is 1.26. The second kappa shape index (κ2) is 7.84. The fourth-order valence-electron chi connectivity index (χ4n) is 3.46. The van der Waals surface area contributed by atoms with Gasteiger partial charge in [0.1, 0.15) is 10.6 Å². The monoisotopic (exact) mass is 405 g/mol. The fourth-order valence-corrected chi connectivity index (χ4v) is 5.23. The topological polar surface area (TPSA) is 110 Å². The van der Waals surface area contributed by atoms with Gasteiger partial charge in [0.25, 0.3) is 0 Å². The molecule has 1 aromatic heterocycles. The standard InChI is InChI=1S/C19H23N3O5S/c1-12-18(14(3)27-21-12)28(25,26)22-10-8-15(9-11-22)19(24)20-17-7-5-4-6-16(17)13(2)23/h4-7,15H,8-11H2,1-3H3,(H,20,24). The highest BCUT2D eigenvalue weighted by Crippen LogP contribution is 2.28. The van der Waals surface area contributed by atoms with Crippen LogP contribution in [-0.2, 0) is 14.8 Å².